The zero-order valence-electron chi connectivity index (χ0n) is 15.7. The molecule has 0 radical (unpaired) electrons. The first kappa shape index (κ1) is 17.6. The predicted molar refractivity (Wildman–Crippen MR) is 102 cm³/mol. The van der Waals surface area contributed by atoms with Crippen molar-refractivity contribution in [2.45, 2.75) is 39.2 Å². The number of carbonyl (C=O) groups excluding carboxylic acids is 2. The highest BCUT2D eigenvalue weighted by atomic mass is 16.5. The number of amides is 2. The summed E-state index contributed by atoms with van der Waals surface area (Å²) in [5.74, 6) is -0.600. The minimum Gasteiger partial charge on any atom is -0.366 e. The highest BCUT2D eigenvalue weighted by molar-refractivity contribution is 6.39. The summed E-state index contributed by atoms with van der Waals surface area (Å²) in [5, 5.41) is 6.62. The summed E-state index contributed by atoms with van der Waals surface area (Å²) in [6, 6.07) is 8.61. The second kappa shape index (κ2) is 7.06. The average molecular weight is 368 g/mol. The number of fused-ring (bicyclic) bond motifs is 3. The first-order valence-corrected chi connectivity index (χ1v) is 9.48. The molecule has 0 bridgehead atoms. The molecule has 0 spiro atoms. The number of hydrogen-bond donors (Lipinski definition) is 1. The summed E-state index contributed by atoms with van der Waals surface area (Å²) < 4.78 is 5.13. The van der Waals surface area contributed by atoms with E-state index in [0.717, 1.165) is 19.4 Å². The van der Waals surface area contributed by atoms with E-state index in [-0.39, 0.29) is 6.04 Å². The Hall–Kier alpha value is -2.83. The van der Waals surface area contributed by atoms with Crippen molar-refractivity contribution in [3.8, 4) is 0 Å². The second-order valence-corrected chi connectivity index (χ2v) is 7.15. The first-order valence-electron chi connectivity index (χ1n) is 9.48. The molecule has 1 aromatic carbocycles. The van der Waals surface area contributed by atoms with Crippen molar-refractivity contribution >= 4 is 23.2 Å². The van der Waals surface area contributed by atoms with Crippen LogP contribution in [0.2, 0.25) is 0 Å². The number of para-hydroxylation sites is 1. The molecule has 4 rings (SSSR count). The Balaban J connectivity index is 1.47. The van der Waals surface area contributed by atoms with E-state index >= 15 is 0 Å². The number of aryl methyl sites for hydroxylation is 2. The van der Waals surface area contributed by atoms with Gasteiger partial charge in [-0.05, 0) is 37.8 Å². The van der Waals surface area contributed by atoms with Crippen LogP contribution in [0.5, 0.6) is 0 Å². The Bertz CT molecular complexity index is 876. The van der Waals surface area contributed by atoms with E-state index in [1.165, 1.54) is 11.3 Å². The highest BCUT2D eigenvalue weighted by Gasteiger charge is 2.35. The SMILES string of the molecule is CCc1noc(C)c1NC(=O)C(=O)N1CCCN2c3ccccc3CC2C1. The van der Waals surface area contributed by atoms with Gasteiger partial charge >= 0.3 is 11.8 Å². The van der Waals surface area contributed by atoms with Crippen molar-refractivity contribution in [2.75, 3.05) is 29.9 Å². The molecule has 2 amide bonds. The monoisotopic (exact) mass is 368 g/mol. The van der Waals surface area contributed by atoms with Crippen LogP contribution in [0.1, 0.15) is 30.4 Å². The van der Waals surface area contributed by atoms with Crippen molar-refractivity contribution in [1.29, 1.82) is 0 Å². The summed E-state index contributed by atoms with van der Waals surface area (Å²) in [6.45, 7) is 5.70. The van der Waals surface area contributed by atoms with Crippen LogP contribution in [0.15, 0.2) is 28.8 Å². The van der Waals surface area contributed by atoms with Crippen LogP contribution in [-0.2, 0) is 22.4 Å². The number of hydrogen-bond acceptors (Lipinski definition) is 5. The molecule has 1 aromatic heterocycles. The van der Waals surface area contributed by atoms with Gasteiger partial charge < -0.3 is 19.6 Å². The number of nitrogens with zero attached hydrogens (tertiary/aromatic N) is 3. The second-order valence-electron chi connectivity index (χ2n) is 7.15. The van der Waals surface area contributed by atoms with Crippen LogP contribution in [-0.4, -0.2) is 47.5 Å². The van der Waals surface area contributed by atoms with Crippen LogP contribution in [0.4, 0.5) is 11.4 Å². The van der Waals surface area contributed by atoms with Crippen LogP contribution < -0.4 is 10.2 Å². The number of aromatic nitrogens is 1. The number of anilines is 2. The summed E-state index contributed by atoms with van der Waals surface area (Å²) in [5.41, 5.74) is 3.74. The predicted octanol–water partition coefficient (Wildman–Crippen LogP) is 2.15. The van der Waals surface area contributed by atoms with Crippen LogP contribution in [0, 0.1) is 6.92 Å². The molecule has 2 aliphatic heterocycles. The van der Waals surface area contributed by atoms with Gasteiger partial charge in [0.1, 0.15) is 11.4 Å². The summed E-state index contributed by atoms with van der Waals surface area (Å²) in [4.78, 5) is 29.4. The maximum Gasteiger partial charge on any atom is 0.314 e. The summed E-state index contributed by atoms with van der Waals surface area (Å²) in [6.07, 6.45) is 2.38. The van der Waals surface area contributed by atoms with Gasteiger partial charge in [-0.2, -0.15) is 0 Å². The van der Waals surface area contributed by atoms with Crippen molar-refractivity contribution < 1.29 is 14.1 Å². The number of nitrogens with one attached hydrogen (secondary N) is 1. The Kier molecular flexibility index (Phi) is 4.59. The minimum absolute atomic E-state index is 0.227. The van der Waals surface area contributed by atoms with Gasteiger partial charge in [-0.3, -0.25) is 9.59 Å². The molecule has 7 nitrogen and oxygen atoms in total. The number of carbonyl (C=O) groups is 2. The fraction of sp³-hybridized carbons (Fsp3) is 0.450. The van der Waals surface area contributed by atoms with Crippen molar-refractivity contribution in [3.63, 3.8) is 0 Å². The van der Waals surface area contributed by atoms with E-state index < -0.39 is 11.8 Å². The quantitative estimate of drug-likeness (QED) is 0.822. The van der Waals surface area contributed by atoms with Crippen LogP contribution >= 0.6 is 0 Å². The molecule has 142 valence electrons. The van der Waals surface area contributed by atoms with Crippen LogP contribution in [0.25, 0.3) is 0 Å². The van der Waals surface area contributed by atoms with Gasteiger partial charge in [-0.15, -0.1) is 0 Å². The molecule has 1 N–H and O–H groups in total. The highest BCUT2D eigenvalue weighted by Crippen LogP contribution is 2.33. The van der Waals surface area contributed by atoms with Gasteiger partial charge in [0.15, 0.2) is 5.76 Å². The van der Waals surface area contributed by atoms with Crippen molar-refractivity contribution in [1.82, 2.24) is 10.1 Å². The molecular formula is C20H24N4O3. The molecule has 7 heteroatoms. The Morgan fingerprint density at radius 2 is 2.11 bits per heavy atom. The largest absolute Gasteiger partial charge is 0.366 e. The van der Waals surface area contributed by atoms with Gasteiger partial charge in [0.2, 0.25) is 0 Å². The number of benzene rings is 1. The fourth-order valence-electron chi connectivity index (χ4n) is 4.08. The first-order chi connectivity index (χ1) is 13.1. The van der Waals surface area contributed by atoms with E-state index in [9.17, 15) is 9.59 Å². The van der Waals surface area contributed by atoms with Crippen molar-refractivity contribution in [2.24, 2.45) is 0 Å². The van der Waals surface area contributed by atoms with E-state index in [1.54, 1.807) is 11.8 Å². The van der Waals surface area contributed by atoms with Gasteiger partial charge in [-0.25, -0.2) is 0 Å². The lowest BCUT2D eigenvalue weighted by Crippen LogP contribution is -2.45. The molecule has 2 aromatic rings. The maximum absolute atomic E-state index is 12.8. The number of rotatable bonds is 2. The Morgan fingerprint density at radius 1 is 1.30 bits per heavy atom. The van der Waals surface area contributed by atoms with E-state index in [2.05, 4.69) is 33.6 Å². The van der Waals surface area contributed by atoms with E-state index in [4.69, 9.17) is 4.52 Å². The molecule has 0 aliphatic carbocycles. The summed E-state index contributed by atoms with van der Waals surface area (Å²) in [7, 11) is 0. The summed E-state index contributed by atoms with van der Waals surface area (Å²) >= 11 is 0. The third kappa shape index (κ3) is 3.18. The smallest absolute Gasteiger partial charge is 0.314 e. The lowest BCUT2D eigenvalue weighted by Gasteiger charge is -2.27. The third-order valence-corrected chi connectivity index (χ3v) is 5.44. The normalized spacial score (nSPS) is 18.7. The van der Waals surface area contributed by atoms with Gasteiger partial charge in [0.05, 0.1) is 6.04 Å². The zero-order chi connectivity index (χ0) is 19.0. The molecule has 1 unspecified atom stereocenters. The minimum atomic E-state index is -0.625. The van der Waals surface area contributed by atoms with Gasteiger partial charge in [0.25, 0.3) is 0 Å². The molecule has 1 atom stereocenters. The zero-order valence-corrected chi connectivity index (χ0v) is 15.7. The standard InChI is InChI=1S/C20H24N4O3/c1-3-16-18(13(2)27-22-16)21-19(25)20(26)23-9-6-10-24-15(12-23)11-14-7-4-5-8-17(14)24/h4-5,7-8,15H,3,6,9-12H2,1-2H3,(H,21,25). The van der Waals surface area contributed by atoms with Gasteiger partial charge in [0, 0.05) is 25.3 Å². The molecule has 0 saturated carbocycles. The topological polar surface area (TPSA) is 78.7 Å². The lowest BCUT2D eigenvalue weighted by atomic mass is 10.1. The van der Waals surface area contributed by atoms with Gasteiger partial charge in [-0.1, -0.05) is 30.3 Å². The Labute approximate surface area is 158 Å². The molecule has 27 heavy (non-hydrogen) atoms. The van der Waals surface area contributed by atoms with E-state index in [0.29, 0.717) is 36.7 Å². The molecule has 3 heterocycles. The van der Waals surface area contributed by atoms with Crippen LogP contribution in [0.3, 0.4) is 0 Å². The molecule has 2 aliphatic rings. The fourth-order valence-corrected chi connectivity index (χ4v) is 4.08. The maximum atomic E-state index is 12.8. The lowest BCUT2D eigenvalue weighted by molar-refractivity contribution is -0.143. The molecule has 1 saturated heterocycles. The average Bonchev–Trinajstić information content (AvgIpc) is 3.12. The Morgan fingerprint density at radius 3 is 2.93 bits per heavy atom. The molecule has 1 fully saturated rings. The molecular weight excluding hydrogens is 344 g/mol. The third-order valence-electron chi connectivity index (χ3n) is 5.44. The van der Waals surface area contributed by atoms with Crippen molar-refractivity contribution in [3.05, 3.63) is 41.3 Å². The van der Waals surface area contributed by atoms with E-state index in [1.807, 2.05) is 13.0 Å².